The molecule has 2 heteroatoms. The second kappa shape index (κ2) is 5.81. The van der Waals surface area contributed by atoms with Crippen molar-refractivity contribution >= 4 is 10.8 Å². The third-order valence-electron chi connectivity index (χ3n) is 3.43. The number of aryl methyl sites for hydroxylation is 2. The molecule has 0 unspecified atom stereocenters. The Morgan fingerprint density at radius 1 is 1.17 bits per heavy atom. The fourth-order valence-electron chi connectivity index (χ4n) is 2.58. The first kappa shape index (κ1) is 13.7. The van der Waals surface area contributed by atoms with Gasteiger partial charge >= 0.3 is 0 Å². The van der Waals surface area contributed by atoms with Crippen LogP contribution in [0.4, 0.5) is 0 Å². The normalized spacial score (nSPS) is 13.1. The molecule has 0 bridgehead atoms. The van der Waals surface area contributed by atoms with E-state index in [2.05, 4.69) is 24.0 Å². The molecule has 0 N–H and O–H groups in total. The quantitative estimate of drug-likeness (QED) is 0.501. The maximum atomic E-state index is 4.20. The monoisotopic (exact) mass is 493 g/mol. The second-order valence-electron chi connectivity index (χ2n) is 4.34. The Morgan fingerprint density at radius 2 is 1.89 bits per heavy atom. The molecule has 0 saturated heterocycles. The number of nitrogens with zero attached hydrogens (tertiary/aromatic N) is 1. The Labute approximate surface area is 104 Å². The Hall–Kier alpha value is -2.37. The molecule has 2 aromatic rings. The Bertz CT molecular complexity index is 520. The van der Waals surface area contributed by atoms with E-state index in [1.165, 1.54) is 53.1 Å². The third kappa shape index (κ3) is 2.17. The van der Waals surface area contributed by atoms with Crippen LogP contribution >= 0.6 is 0 Å². The van der Waals surface area contributed by atoms with E-state index in [0.29, 0.717) is 0 Å². The van der Waals surface area contributed by atoms with Crippen molar-refractivity contribution in [1.82, 2.24) is 4.98 Å². The summed E-state index contributed by atoms with van der Waals surface area (Å²) in [6.45, 7) is 6.22. The summed E-state index contributed by atoms with van der Waals surface area (Å²) in [6, 6.07) is 5.61. The van der Waals surface area contributed by atoms with E-state index in [1.807, 2.05) is 26.2 Å². The molecule has 0 amide bonds. The van der Waals surface area contributed by atoms with Crippen molar-refractivity contribution in [2.24, 2.45) is 0 Å². The maximum Gasteiger partial charge on any atom is 0 e. The molecule has 0 spiro atoms. The van der Waals surface area contributed by atoms with Gasteiger partial charge in [0.2, 0.25) is 0 Å². The van der Waals surface area contributed by atoms with Crippen LogP contribution in [0, 0.1) is 13.0 Å². The van der Waals surface area contributed by atoms with Crippen molar-refractivity contribution in [3.05, 3.63) is 41.2 Å². The molecule has 0 fully saturated rings. The summed E-state index contributed by atoms with van der Waals surface area (Å²) in [4.78, 5) is 4.20. The minimum atomic E-state index is 0. The summed E-state index contributed by atoms with van der Waals surface area (Å²) in [6.07, 6.45) is 8.90. The Morgan fingerprint density at radius 3 is 2.67 bits per heavy atom. The van der Waals surface area contributed by atoms with Crippen LogP contribution in [0.3, 0.4) is 0 Å². The van der Waals surface area contributed by atoms with E-state index in [9.17, 15) is 0 Å². The molecule has 18 heavy (non-hydrogen) atoms. The first-order valence-corrected chi connectivity index (χ1v) is 6.63. The van der Waals surface area contributed by atoms with Crippen molar-refractivity contribution in [3.63, 3.8) is 0 Å². The van der Waals surface area contributed by atoms with Gasteiger partial charge in [-0.2, -0.15) is 0 Å². The minimum Gasteiger partial charge on any atom is -0.284 e. The molecular formula is C16H20NRf-. The minimum absolute atomic E-state index is 0. The summed E-state index contributed by atoms with van der Waals surface area (Å²) < 4.78 is 0. The van der Waals surface area contributed by atoms with Gasteiger partial charge in [-0.05, 0) is 18.8 Å². The van der Waals surface area contributed by atoms with Crippen LogP contribution in [0.25, 0.3) is 10.8 Å². The zero-order valence-corrected chi connectivity index (χ0v) is 18.1. The van der Waals surface area contributed by atoms with Crippen molar-refractivity contribution in [2.45, 2.75) is 46.5 Å². The first-order chi connectivity index (χ1) is 8.36. The standard InChI is InChI=1S/C14H14N.C2H6.Rf/c1-10-13-5-3-2-4-11(13)8-12-6-7-15-9-14(10)12;1-2;/h6-7,9H,2-5H2,1H3;1-2H3;/q-1;;. The van der Waals surface area contributed by atoms with Gasteiger partial charge in [0.25, 0.3) is 0 Å². The Kier molecular flexibility index (Phi) is 4.42. The number of pyridine rings is 1. The molecule has 1 aromatic heterocycles. The van der Waals surface area contributed by atoms with E-state index in [4.69, 9.17) is 0 Å². The predicted molar refractivity (Wildman–Crippen MR) is 73.3 cm³/mol. The van der Waals surface area contributed by atoms with Crippen LogP contribution in [-0.2, 0) is 12.8 Å². The van der Waals surface area contributed by atoms with E-state index in [-0.39, 0.29) is 0 Å². The van der Waals surface area contributed by atoms with Crippen molar-refractivity contribution in [3.8, 4) is 0 Å². The number of benzene rings is 1. The zero-order chi connectivity index (χ0) is 12.3. The van der Waals surface area contributed by atoms with Gasteiger partial charge in [-0.1, -0.05) is 45.4 Å². The van der Waals surface area contributed by atoms with Gasteiger partial charge in [0.15, 0.2) is 0 Å². The fraction of sp³-hybridized carbons (Fsp3) is 0.438. The molecular weight excluding hydrogens is 473 g/mol. The number of fused-ring (bicyclic) bond motifs is 2. The summed E-state index contributed by atoms with van der Waals surface area (Å²) >= 11 is 0. The smallest absolute Gasteiger partial charge is 0 e. The topological polar surface area (TPSA) is 12.9 Å². The SMILES string of the molecule is CC.Cc1c2c([c-]c3ccncc13)CCCC2.[Rf]. The van der Waals surface area contributed by atoms with Crippen LogP contribution in [0.2, 0.25) is 0 Å². The molecule has 1 nitrogen and oxygen atoms in total. The summed E-state index contributed by atoms with van der Waals surface area (Å²) in [5.41, 5.74) is 4.39. The van der Waals surface area contributed by atoms with E-state index in [1.54, 1.807) is 0 Å². The summed E-state index contributed by atoms with van der Waals surface area (Å²) in [7, 11) is 0. The van der Waals surface area contributed by atoms with Crippen LogP contribution < -0.4 is 0 Å². The Balaban J connectivity index is 0.000000516. The van der Waals surface area contributed by atoms with E-state index >= 15 is 0 Å². The number of hydrogen-bond donors (Lipinski definition) is 0. The average Bonchev–Trinajstić information content (AvgIpc) is 2.41. The largest absolute Gasteiger partial charge is 0.284 e. The molecule has 92 valence electrons. The van der Waals surface area contributed by atoms with Crippen LogP contribution in [0.15, 0.2) is 18.5 Å². The van der Waals surface area contributed by atoms with Gasteiger partial charge in [-0.3, -0.25) is 4.98 Å². The molecule has 1 heterocycles. The average molecular weight is 493 g/mol. The fourth-order valence-corrected chi connectivity index (χ4v) is 2.58. The summed E-state index contributed by atoms with van der Waals surface area (Å²) in [5, 5.41) is 2.50. The predicted octanol–water partition coefficient (Wildman–Crippen LogP) is 4.25. The molecule has 0 saturated carbocycles. The second-order valence-corrected chi connectivity index (χ2v) is 4.34. The first-order valence-electron chi connectivity index (χ1n) is 6.63. The van der Waals surface area contributed by atoms with Crippen molar-refractivity contribution in [2.75, 3.05) is 0 Å². The van der Waals surface area contributed by atoms with Gasteiger partial charge in [0.1, 0.15) is 0 Å². The van der Waals surface area contributed by atoms with E-state index in [0.717, 1.165) is 0 Å². The van der Waals surface area contributed by atoms with E-state index < -0.39 is 0 Å². The van der Waals surface area contributed by atoms with Gasteiger partial charge in [-0.15, -0.1) is 34.2 Å². The third-order valence-corrected chi connectivity index (χ3v) is 3.43. The number of rotatable bonds is 0. The molecule has 3 rings (SSSR count). The van der Waals surface area contributed by atoms with Crippen molar-refractivity contribution < 1.29 is 0 Å². The number of hydrogen-bond acceptors (Lipinski definition) is 1. The molecule has 1 aromatic carbocycles. The molecule has 0 aliphatic heterocycles. The number of aromatic nitrogens is 1. The maximum absolute atomic E-state index is 4.20. The molecule has 1 aliphatic rings. The molecule has 1 aliphatic carbocycles. The summed E-state index contributed by atoms with van der Waals surface area (Å²) in [5.74, 6) is 0. The molecule has 0 radical (unpaired) electrons. The zero-order valence-electron chi connectivity index (χ0n) is 11.7. The van der Waals surface area contributed by atoms with Gasteiger partial charge in [0, 0.05) is 0 Å². The van der Waals surface area contributed by atoms with Gasteiger partial charge in [0.05, 0.1) is 0 Å². The van der Waals surface area contributed by atoms with Gasteiger partial charge in [-0.25, -0.2) is 0 Å². The van der Waals surface area contributed by atoms with Crippen LogP contribution in [0.5, 0.6) is 0 Å². The van der Waals surface area contributed by atoms with Gasteiger partial charge < -0.3 is 0 Å². The molecule has 0 atom stereocenters. The van der Waals surface area contributed by atoms with Crippen molar-refractivity contribution in [1.29, 1.82) is 0 Å². The van der Waals surface area contributed by atoms with Crippen LogP contribution in [0.1, 0.15) is 43.4 Å². The van der Waals surface area contributed by atoms with Crippen LogP contribution in [-0.4, -0.2) is 4.98 Å².